The van der Waals surface area contributed by atoms with Crippen molar-refractivity contribution in [3.8, 4) is 17.1 Å². The number of aromatic amines is 1. The van der Waals surface area contributed by atoms with Gasteiger partial charge in [0.1, 0.15) is 12.1 Å². The molecule has 1 aliphatic rings. The maximum absolute atomic E-state index is 12.9. The highest BCUT2D eigenvalue weighted by Crippen LogP contribution is 2.33. The predicted molar refractivity (Wildman–Crippen MR) is 97.2 cm³/mol. The molecule has 0 unspecified atom stereocenters. The van der Waals surface area contributed by atoms with Crippen molar-refractivity contribution < 1.29 is 9.53 Å². The van der Waals surface area contributed by atoms with Gasteiger partial charge in [0.25, 0.3) is 5.91 Å². The van der Waals surface area contributed by atoms with Crippen molar-refractivity contribution in [1.82, 2.24) is 19.9 Å². The molecular weight excluding hydrogens is 330 g/mol. The molecule has 0 radical (unpaired) electrons. The summed E-state index contributed by atoms with van der Waals surface area (Å²) < 4.78 is 5.39. The number of ether oxygens (including phenoxy) is 1. The molecule has 0 aromatic carbocycles. The second-order valence-corrected chi connectivity index (χ2v) is 6.05. The van der Waals surface area contributed by atoms with Crippen LogP contribution in [0.1, 0.15) is 35.0 Å². The summed E-state index contributed by atoms with van der Waals surface area (Å²) in [6, 6.07) is 5.30. The minimum absolute atomic E-state index is 0.227. The number of anilines is 1. The number of rotatable bonds is 4. The second-order valence-electron chi connectivity index (χ2n) is 6.05. The van der Waals surface area contributed by atoms with Crippen LogP contribution in [0.5, 0.6) is 5.88 Å². The Labute approximate surface area is 150 Å². The van der Waals surface area contributed by atoms with Gasteiger partial charge in [-0.15, -0.1) is 0 Å². The molecule has 26 heavy (non-hydrogen) atoms. The third-order valence-corrected chi connectivity index (χ3v) is 4.36. The molecule has 2 N–H and O–H groups in total. The van der Waals surface area contributed by atoms with E-state index in [4.69, 9.17) is 4.74 Å². The van der Waals surface area contributed by atoms with E-state index in [0.717, 1.165) is 41.8 Å². The summed E-state index contributed by atoms with van der Waals surface area (Å²) in [6.07, 6.45) is 7.86. The van der Waals surface area contributed by atoms with Crippen molar-refractivity contribution in [2.75, 3.05) is 11.9 Å². The van der Waals surface area contributed by atoms with Gasteiger partial charge in [-0.3, -0.25) is 4.79 Å². The molecule has 0 saturated heterocycles. The number of hydrogen-bond donors (Lipinski definition) is 2. The van der Waals surface area contributed by atoms with Crippen molar-refractivity contribution in [1.29, 1.82) is 0 Å². The van der Waals surface area contributed by atoms with E-state index < -0.39 is 0 Å². The fourth-order valence-electron chi connectivity index (χ4n) is 3.23. The molecule has 4 rings (SSSR count). The zero-order valence-corrected chi connectivity index (χ0v) is 14.5. The summed E-state index contributed by atoms with van der Waals surface area (Å²) in [5.41, 5.74) is 4.35. The van der Waals surface area contributed by atoms with Crippen molar-refractivity contribution in [3.05, 3.63) is 53.7 Å². The standard InChI is InChI=1S/C19H19N5O2/c1-2-26-16-8-4-7-15(23-16)24-19(25)13-10-21-14-6-3-5-12-9-20-11-22-18(12)17(13)14/h4,7-11,21H,2-3,5-6H2,1H3,(H,23,24,25). The fraction of sp³-hybridized carbons (Fsp3) is 0.263. The van der Waals surface area contributed by atoms with E-state index in [2.05, 4.69) is 25.3 Å². The third kappa shape index (κ3) is 3.03. The quantitative estimate of drug-likeness (QED) is 0.755. The monoisotopic (exact) mass is 349 g/mol. The van der Waals surface area contributed by atoms with Gasteiger partial charge in [-0.1, -0.05) is 6.07 Å². The van der Waals surface area contributed by atoms with Crippen LogP contribution < -0.4 is 10.1 Å². The van der Waals surface area contributed by atoms with Gasteiger partial charge in [-0.25, -0.2) is 9.97 Å². The number of carbonyl (C=O) groups is 1. The van der Waals surface area contributed by atoms with E-state index in [1.54, 1.807) is 24.4 Å². The summed E-state index contributed by atoms with van der Waals surface area (Å²) in [5, 5.41) is 2.85. The van der Waals surface area contributed by atoms with Crippen LogP contribution in [-0.4, -0.2) is 32.4 Å². The lowest BCUT2D eigenvalue weighted by Crippen LogP contribution is -2.14. The highest BCUT2D eigenvalue weighted by atomic mass is 16.5. The van der Waals surface area contributed by atoms with E-state index in [-0.39, 0.29) is 5.91 Å². The van der Waals surface area contributed by atoms with Gasteiger partial charge >= 0.3 is 0 Å². The Balaban J connectivity index is 1.67. The number of aromatic nitrogens is 4. The van der Waals surface area contributed by atoms with Crippen LogP contribution in [0.25, 0.3) is 11.3 Å². The Morgan fingerprint density at radius 1 is 1.35 bits per heavy atom. The van der Waals surface area contributed by atoms with Gasteiger partial charge in [0.15, 0.2) is 0 Å². The first-order valence-corrected chi connectivity index (χ1v) is 8.67. The number of hydrogen-bond acceptors (Lipinski definition) is 5. The van der Waals surface area contributed by atoms with Crippen LogP contribution in [0.15, 0.2) is 36.9 Å². The zero-order chi connectivity index (χ0) is 17.9. The second kappa shape index (κ2) is 6.95. The SMILES string of the molecule is CCOc1cccc(NC(=O)c2c[nH]c3c2-c2ncncc2CCC3)n1. The van der Waals surface area contributed by atoms with E-state index >= 15 is 0 Å². The van der Waals surface area contributed by atoms with Gasteiger partial charge in [0, 0.05) is 29.7 Å². The number of nitrogens with one attached hydrogen (secondary N) is 2. The third-order valence-electron chi connectivity index (χ3n) is 4.36. The van der Waals surface area contributed by atoms with Gasteiger partial charge < -0.3 is 15.0 Å². The molecule has 3 heterocycles. The largest absolute Gasteiger partial charge is 0.478 e. The van der Waals surface area contributed by atoms with Crippen molar-refractivity contribution in [2.45, 2.75) is 26.2 Å². The lowest BCUT2D eigenvalue weighted by atomic mass is 10.0. The summed E-state index contributed by atoms with van der Waals surface area (Å²) >= 11 is 0. The minimum atomic E-state index is -0.227. The van der Waals surface area contributed by atoms with Crippen molar-refractivity contribution in [2.24, 2.45) is 0 Å². The number of H-pyrrole nitrogens is 1. The summed E-state index contributed by atoms with van der Waals surface area (Å²) in [6.45, 7) is 2.41. The molecule has 0 fully saturated rings. The number of aryl methyl sites for hydroxylation is 2. The molecule has 3 aromatic heterocycles. The minimum Gasteiger partial charge on any atom is -0.478 e. The topological polar surface area (TPSA) is 92.8 Å². The molecule has 7 nitrogen and oxygen atoms in total. The molecule has 132 valence electrons. The van der Waals surface area contributed by atoms with Gasteiger partial charge in [-0.2, -0.15) is 4.98 Å². The number of nitrogens with zero attached hydrogens (tertiary/aromatic N) is 3. The Morgan fingerprint density at radius 3 is 3.15 bits per heavy atom. The van der Waals surface area contributed by atoms with Crippen molar-refractivity contribution in [3.63, 3.8) is 0 Å². The van der Waals surface area contributed by atoms with Crippen LogP contribution in [-0.2, 0) is 12.8 Å². The number of carbonyl (C=O) groups excluding carboxylic acids is 1. The number of fused-ring (bicyclic) bond motifs is 3. The summed E-state index contributed by atoms with van der Waals surface area (Å²) in [7, 11) is 0. The van der Waals surface area contributed by atoms with Crippen LogP contribution >= 0.6 is 0 Å². The maximum Gasteiger partial charge on any atom is 0.259 e. The molecular formula is C19H19N5O2. The van der Waals surface area contributed by atoms with E-state index in [1.807, 2.05) is 13.1 Å². The highest BCUT2D eigenvalue weighted by molar-refractivity contribution is 6.08. The van der Waals surface area contributed by atoms with E-state index in [1.165, 1.54) is 6.33 Å². The molecule has 0 saturated carbocycles. The summed E-state index contributed by atoms with van der Waals surface area (Å²) in [4.78, 5) is 29.0. The molecule has 3 aromatic rings. The Kier molecular flexibility index (Phi) is 4.35. The molecule has 0 bridgehead atoms. The Hall–Kier alpha value is -3.22. The van der Waals surface area contributed by atoms with Gasteiger partial charge in [0.05, 0.1) is 17.9 Å². The molecule has 1 aliphatic carbocycles. The molecule has 1 amide bonds. The van der Waals surface area contributed by atoms with Crippen LogP contribution in [0.4, 0.5) is 5.82 Å². The first-order valence-electron chi connectivity index (χ1n) is 8.67. The summed E-state index contributed by atoms with van der Waals surface area (Å²) in [5.74, 6) is 0.707. The lowest BCUT2D eigenvalue weighted by Gasteiger charge is -2.09. The Morgan fingerprint density at radius 2 is 2.27 bits per heavy atom. The smallest absolute Gasteiger partial charge is 0.259 e. The first kappa shape index (κ1) is 16.3. The maximum atomic E-state index is 12.9. The van der Waals surface area contributed by atoms with Gasteiger partial charge in [0.2, 0.25) is 5.88 Å². The average molecular weight is 349 g/mol. The highest BCUT2D eigenvalue weighted by Gasteiger charge is 2.24. The van der Waals surface area contributed by atoms with Crippen molar-refractivity contribution >= 4 is 11.7 Å². The Bertz CT molecular complexity index is 951. The number of pyridine rings is 1. The lowest BCUT2D eigenvalue weighted by molar-refractivity contribution is 0.102. The molecule has 0 aliphatic heterocycles. The van der Waals surface area contributed by atoms with Gasteiger partial charge in [-0.05, 0) is 37.8 Å². The number of amides is 1. The molecule has 0 atom stereocenters. The van der Waals surface area contributed by atoms with Crippen LogP contribution in [0, 0.1) is 0 Å². The fourth-order valence-corrected chi connectivity index (χ4v) is 3.23. The van der Waals surface area contributed by atoms with E-state index in [9.17, 15) is 4.79 Å². The zero-order valence-electron chi connectivity index (χ0n) is 14.5. The predicted octanol–water partition coefficient (Wildman–Crippen LogP) is 3.01. The first-order chi connectivity index (χ1) is 12.8. The van der Waals surface area contributed by atoms with Crippen LogP contribution in [0.3, 0.4) is 0 Å². The normalized spacial score (nSPS) is 12.7. The van der Waals surface area contributed by atoms with Crippen LogP contribution in [0.2, 0.25) is 0 Å². The average Bonchev–Trinajstić information content (AvgIpc) is 2.98. The molecule has 7 heteroatoms. The van der Waals surface area contributed by atoms with E-state index in [0.29, 0.717) is 23.9 Å². The molecule has 0 spiro atoms.